The van der Waals surface area contributed by atoms with Gasteiger partial charge in [-0.05, 0) is 34.6 Å². The Morgan fingerprint density at radius 1 is 1.17 bits per heavy atom. The lowest BCUT2D eigenvalue weighted by Crippen LogP contribution is -2.54. The number of aliphatic imine (C=N–C) groups is 1. The van der Waals surface area contributed by atoms with Crippen LogP contribution in [-0.4, -0.2) is 82.4 Å². The van der Waals surface area contributed by atoms with Gasteiger partial charge in [-0.2, -0.15) is 0 Å². The summed E-state index contributed by atoms with van der Waals surface area (Å²) < 4.78 is 16.9. The number of carbonyl (C=O) groups excluding carboxylic acids is 1. The van der Waals surface area contributed by atoms with Crippen LogP contribution in [-0.2, 0) is 15.5 Å². The van der Waals surface area contributed by atoms with E-state index in [4.69, 9.17) is 4.74 Å². The van der Waals surface area contributed by atoms with Crippen molar-refractivity contribution in [2.75, 3.05) is 51.6 Å². The van der Waals surface area contributed by atoms with Crippen molar-refractivity contribution in [2.45, 2.75) is 39.4 Å². The van der Waals surface area contributed by atoms with Crippen molar-refractivity contribution in [2.24, 2.45) is 4.99 Å². The molecule has 1 unspecified atom stereocenters. The van der Waals surface area contributed by atoms with Crippen molar-refractivity contribution >= 4 is 22.9 Å². The molecule has 1 heterocycles. The second-order valence-electron chi connectivity index (χ2n) is 6.57. The van der Waals surface area contributed by atoms with Crippen molar-refractivity contribution < 1.29 is 13.7 Å². The molecule has 0 saturated carbocycles. The van der Waals surface area contributed by atoms with E-state index in [-0.39, 0.29) is 10.8 Å². The highest BCUT2D eigenvalue weighted by atomic mass is 32.2. The summed E-state index contributed by atoms with van der Waals surface area (Å²) in [6.45, 7) is 14.2. The summed E-state index contributed by atoms with van der Waals surface area (Å²) in [7, 11) is -0.900. The molecule has 1 saturated heterocycles. The van der Waals surface area contributed by atoms with Crippen molar-refractivity contribution in [1.82, 2.24) is 15.1 Å². The summed E-state index contributed by atoms with van der Waals surface area (Å²) >= 11 is 0. The molecule has 1 N–H and O–H groups in total. The van der Waals surface area contributed by atoms with Crippen molar-refractivity contribution in [3.63, 3.8) is 0 Å². The fourth-order valence-corrected chi connectivity index (χ4v) is 3.15. The molecule has 7 nitrogen and oxygen atoms in total. The first-order chi connectivity index (χ1) is 11.3. The Bertz CT molecular complexity index is 455. The number of rotatable bonds is 5. The van der Waals surface area contributed by atoms with Crippen molar-refractivity contribution in [3.8, 4) is 0 Å². The number of hydrogen-bond acceptors (Lipinski definition) is 4. The highest BCUT2D eigenvalue weighted by Crippen LogP contribution is 2.11. The van der Waals surface area contributed by atoms with Crippen LogP contribution in [0, 0.1) is 0 Å². The molecule has 0 aromatic heterocycles. The van der Waals surface area contributed by atoms with Crippen molar-refractivity contribution in [3.05, 3.63) is 0 Å². The van der Waals surface area contributed by atoms with Gasteiger partial charge in [0.2, 0.25) is 0 Å². The van der Waals surface area contributed by atoms with Crippen LogP contribution < -0.4 is 5.32 Å². The third kappa shape index (κ3) is 6.67. The number of piperazine rings is 1. The lowest BCUT2D eigenvalue weighted by molar-refractivity contribution is 0.0914. The molecule has 0 aliphatic carbocycles. The smallest absolute Gasteiger partial charge is 0.409 e. The fourth-order valence-electron chi connectivity index (χ4n) is 2.28. The van der Waals surface area contributed by atoms with Gasteiger partial charge in [-0.25, -0.2) is 4.79 Å². The lowest BCUT2D eigenvalue weighted by Gasteiger charge is -2.35. The molecule has 1 aliphatic rings. The largest absolute Gasteiger partial charge is 0.450 e. The molecule has 0 aromatic carbocycles. The summed E-state index contributed by atoms with van der Waals surface area (Å²) in [5.41, 5.74) is 0. The van der Waals surface area contributed by atoms with Crippen LogP contribution >= 0.6 is 0 Å². The molecule has 0 aromatic rings. The maximum Gasteiger partial charge on any atom is 0.409 e. The van der Waals surface area contributed by atoms with Crippen LogP contribution in [0.1, 0.15) is 34.6 Å². The molecule has 24 heavy (non-hydrogen) atoms. The number of carbonyl (C=O) groups is 1. The Morgan fingerprint density at radius 2 is 1.75 bits per heavy atom. The van der Waals surface area contributed by atoms with Gasteiger partial charge in [0, 0.05) is 54.0 Å². The standard InChI is InChI=1S/C16H32N4O3S/c1-6-17-14(18-8-13-24(22)16(3,4)5)19-9-11-20(12-10-19)15(21)23-7-2/h6-13H2,1-5H3,(H,17,18). The fraction of sp³-hybridized carbons (Fsp3) is 0.875. The number of nitrogens with zero attached hydrogens (tertiary/aromatic N) is 3. The van der Waals surface area contributed by atoms with Gasteiger partial charge in [-0.3, -0.25) is 9.20 Å². The normalized spacial score (nSPS) is 17.6. The molecule has 1 amide bonds. The van der Waals surface area contributed by atoms with E-state index in [1.54, 1.807) is 4.90 Å². The average molecular weight is 361 g/mol. The van der Waals surface area contributed by atoms with E-state index in [1.807, 2.05) is 34.6 Å². The molecule has 1 aliphatic heterocycles. The third-order valence-corrected chi connectivity index (χ3v) is 5.58. The minimum atomic E-state index is -0.900. The highest BCUT2D eigenvalue weighted by molar-refractivity contribution is 7.86. The van der Waals surface area contributed by atoms with Gasteiger partial charge in [0.1, 0.15) is 0 Å². The monoisotopic (exact) mass is 360 g/mol. The zero-order chi connectivity index (χ0) is 18.2. The van der Waals surface area contributed by atoms with Gasteiger partial charge in [0.05, 0.1) is 13.2 Å². The van der Waals surface area contributed by atoms with Gasteiger partial charge in [-0.1, -0.05) is 0 Å². The Kier molecular flexibility index (Phi) is 8.52. The van der Waals surface area contributed by atoms with E-state index in [1.165, 1.54) is 0 Å². The molecule has 8 heteroatoms. The Hall–Kier alpha value is -1.31. The number of nitrogens with one attached hydrogen (secondary N) is 1. The summed E-state index contributed by atoms with van der Waals surface area (Å²) in [5, 5.41) is 3.28. The minimum absolute atomic E-state index is 0.209. The second kappa shape index (κ2) is 9.86. The van der Waals surface area contributed by atoms with Gasteiger partial charge in [-0.15, -0.1) is 0 Å². The summed E-state index contributed by atoms with van der Waals surface area (Å²) in [6, 6.07) is 0. The quantitative estimate of drug-likeness (QED) is 0.590. The number of hydrogen-bond donors (Lipinski definition) is 1. The summed E-state index contributed by atoms with van der Waals surface area (Å²) in [5.74, 6) is 1.38. The maximum absolute atomic E-state index is 12.1. The molecular formula is C16H32N4O3S. The highest BCUT2D eigenvalue weighted by Gasteiger charge is 2.24. The molecule has 0 bridgehead atoms. The van der Waals surface area contributed by atoms with Crippen LogP contribution in [0.3, 0.4) is 0 Å². The molecule has 1 fully saturated rings. The van der Waals surface area contributed by atoms with Crippen LogP contribution in [0.2, 0.25) is 0 Å². The molecule has 1 atom stereocenters. The van der Waals surface area contributed by atoms with E-state index in [0.717, 1.165) is 12.5 Å². The van der Waals surface area contributed by atoms with E-state index >= 15 is 0 Å². The van der Waals surface area contributed by atoms with Crippen molar-refractivity contribution in [1.29, 1.82) is 0 Å². The molecule has 0 spiro atoms. The van der Waals surface area contributed by atoms with Crippen LogP contribution in [0.4, 0.5) is 4.79 Å². The minimum Gasteiger partial charge on any atom is -0.450 e. The second-order valence-corrected chi connectivity index (χ2v) is 8.89. The third-order valence-electron chi connectivity index (χ3n) is 3.66. The van der Waals surface area contributed by atoms with Gasteiger partial charge >= 0.3 is 6.09 Å². The molecule has 0 radical (unpaired) electrons. The Morgan fingerprint density at radius 3 is 2.25 bits per heavy atom. The van der Waals surface area contributed by atoms with E-state index in [9.17, 15) is 9.00 Å². The number of ether oxygens (including phenoxy) is 1. The van der Waals surface area contributed by atoms with E-state index in [0.29, 0.717) is 45.1 Å². The topological polar surface area (TPSA) is 74.2 Å². The predicted octanol–water partition coefficient (Wildman–Crippen LogP) is 1.27. The predicted molar refractivity (Wildman–Crippen MR) is 98.9 cm³/mol. The first-order valence-corrected chi connectivity index (χ1v) is 9.95. The van der Waals surface area contributed by atoms with Crippen LogP contribution in [0.15, 0.2) is 4.99 Å². The van der Waals surface area contributed by atoms with E-state index < -0.39 is 10.8 Å². The average Bonchev–Trinajstić information content (AvgIpc) is 2.53. The zero-order valence-corrected chi connectivity index (χ0v) is 16.4. The van der Waals surface area contributed by atoms with Gasteiger partial charge < -0.3 is 19.9 Å². The number of guanidine groups is 1. The first-order valence-electron chi connectivity index (χ1n) is 8.63. The molecule has 140 valence electrons. The van der Waals surface area contributed by atoms with Crippen LogP contribution in [0.5, 0.6) is 0 Å². The maximum atomic E-state index is 12.1. The Balaban J connectivity index is 2.55. The molecular weight excluding hydrogens is 328 g/mol. The number of amides is 1. The zero-order valence-electron chi connectivity index (χ0n) is 15.6. The SMILES string of the molecule is CCNC(=NCCS(=O)C(C)(C)C)N1CCN(C(=O)OCC)CC1. The van der Waals surface area contributed by atoms with E-state index in [2.05, 4.69) is 15.2 Å². The summed E-state index contributed by atoms with van der Waals surface area (Å²) in [4.78, 5) is 20.2. The Labute approximate surface area is 148 Å². The van der Waals surface area contributed by atoms with Crippen LogP contribution in [0.25, 0.3) is 0 Å². The lowest BCUT2D eigenvalue weighted by atomic mass is 10.3. The van der Waals surface area contributed by atoms with Gasteiger partial charge in [0.15, 0.2) is 5.96 Å². The summed E-state index contributed by atoms with van der Waals surface area (Å²) in [6.07, 6.45) is -0.250. The first kappa shape index (κ1) is 20.7. The molecule has 1 rings (SSSR count). The van der Waals surface area contributed by atoms with Gasteiger partial charge in [0.25, 0.3) is 0 Å².